The topological polar surface area (TPSA) is 59.8 Å². The summed E-state index contributed by atoms with van der Waals surface area (Å²) in [7, 11) is 0. The quantitative estimate of drug-likeness (QED) is 0.645. The van der Waals surface area contributed by atoms with Crippen LogP contribution in [0.4, 0.5) is 0 Å². The van der Waals surface area contributed by atoms with Crippen LogP contribution in [0.5, 0.6) is 0 Å². The average molecular weight is 387 g/mol. The number of hydrogen-bond donors (Lipinski definition) is 1. The minimum absolute atomic E-state index is 0.0434. The van der Waals surface area contributed by atoms with E-state index in [-0.39, 0.29) is 17.7 Å². The number of aryl methyl sites for hydroxylation is 1. The summed E-state index contributed by atoms with van der Waals surface area (Å²) in [6, 6.07) is 15.6. The van der Waals surface area contributed by atoms with E-state index in [1.54, 1.807) is 6.33 Å². The Hall–Kier alpha value is -2.31. The van der Waals surface area contributed by atoms with Crippen LogP contribution in [0.2, 0.25) is 5.02 Å². The Labute approximate surface area is 161 Å². The van der Waals surface area contributed by atoms with Crippen molar-refractivity contribution in [2.45, 2.75) is 25.0 Å². The first-order chi connectivity index (χ1) is 12.5. The van der Waals surface area contributed by atoms with E-state index in [9.17, 15) is 4.79 Å². The van der Waals surface area contributed by atoms with Crippen molar-refractivity contribution in [1.82, 2.24) is 20.1 Å². The van der Waals surface area contributed by atoms with E-state index in [4.69, 9.17) is 11.6 Å². The Bertz CT molecular complexity index is 898. The number of halogens is 1. The lowest BCUT2D eigenvalue weighted by Gasteiger charge is -2.14. The third-order valence-electron chi connectivity index (χ3n) is 3.96. The Balaban J connectivity index is 1.63. The number of hydrogen-bond acceptors (Lipinski definition) is 4. The maximum Gasteiger partial charge on any atom is 0.230 e. The van der Waals surface area contributed by atoms with Crippen molar-refractivity contribution in [3.63, 3.8) is 0 Å². The van der Waals surface area contributed by atoms with Gasteiger partial charge in [0.25, 0.3) is 0 Å². The second-order valence-corrected chi connectivity index (χ2v) is 7.26. The van der Waals surface area contributed by atoms with Gasteiger partial charge in [-0.3, -0.25) is 9.36 Å². The molecule has 1 atom stereocenters. The first-order valence-corrected chi connectivity index (χ1v) is 9.54. The maximum atomic E-state index is 12.3. The molecule has 0 aliphatic rings. The predicted molar refractivity (Wildman–Crippen MR) is 105 cm³/mol. The predicted octanol–water partition coefficient (Wildman–Crippen LogP) is 4.20. The van der Waals surface area contributed by atoms with Gasteiger partial charge in [-0.15, -0.1) is 10.2 Å². The largest absolute Gasteiger partial charge is 0.349 e. The zero-order valence-electron chi connectivity index (χ0n) is 14.5. The lowest BCUT2D eigenvalue weighted by atomic mass is 10.1. The fourth-order valence-electron chi connectivity index (χ4n) is 2.47. The summed E-state index contributed by atoms with van der Waals surface area (Å²) in [4.78, 5) is 12.3. The molecule has 5 nitrogen and oxygen atoms in total. The molecule has 1 heterocycles. The molecule has 1 amide bonds. The molecule has 7 heteroatoms. The molecule has 0 bridgehead atoms. The van der Waals surface area contributed by atoms with E-state index < -0.39 is 0 Å². The van der Waals surface area contributed by atoms with Gasteiger partial charge in [0.15, 0.2) is 5.16 Å². The number of carbonyl (C=O) groups is 1. The lowest BCUT2D eigenvalue weighted by Crippen LogP contribution is -2.28. The van der Waals surface area contributed by atoms with Crippen LogP contribution >= 0.6 is 23.4 Å². The van der Waals surface area contributed by atoms with Gasteiger partial charge in [-0.25, -0.2) is 0 Å². The molecule has 3 rings (SSSR count). The Morgan fingerprint density at radius 1 is 1.27 bits per heavy atom. The van der Waals surface area contributed by atoms with Crippen LogP contribution in [0.3, 0.4) is 0 Å². The molecular weight excluding hydrogens is 368 g/mol. The van der Waals surface area contributed by atoms with Crippen LogP contribution < -0.4 is 5.32 Å². The monoisotopic (exact) mass is 386 g/mol. The molecule has 0 saturated heterocycles. The second-order valence-electron chi connectivity index (χ2n) is 5.91. The fourth-order valence-corrected chi connectivity index (χ4v) is 3.38. The van der Waals surface area contributed by atoms with Crippen LogP contribution in [0.1, 0.15) is 24.1 Å². The van der Waals surface area contributed by atoms with Gasteiger partial charge in [-0.1, -0.05) is 59.8 Å². The SMILES string of the molecule is Cc1ccc(-n2cnnc2SCC(=O)NC(C)c2ccccc2)cc1Cl. The van der Waals surface area contributed by atoms with Gasteiger partial charge >= 0.3 is 0 Å². The highest BCUT2D eigenvalue weighted by Gasteiger charge is 2.13. The lowest BCUT2D eigenvalue weighted by molar-refractivity contribution is -0.119. The summed E-state index contributed by atoms with van der Waals surface area (Å²) in [6.07, 6.45) is 1.62. The zero-order valence-corrected chi connectivity index (χ0v) is 16.1. The summed E-state index contributed by atoms with van der Waals surface area (Å²) < 4.78 is 1.82. The first kappa shape index (κ1) is 18.5. The standard InChI is InChI=1S/C19H19ClN4OS/c1-13-8-9-16(10-17(13)20)24-12-21-23-19(24)26-11-18(25)22-14(2)15-6-4-3-5-7-15/h3-10,12,14H,11H2,1-2H3,(H,22,25). The minimum Gasteiger partial charge on any atom is -0.349 e. The van der Waals surface area contributed by atoms with Crippen molar-refractivity contribution in [2.24, 2.45) is 0 Å². The second kappa shape index (κ2) is 8.38. The fraction of sp³-hybridized carbons (Fsp3) is 0.211. The number of benzene rings is 2. The minimum atomic E-state index is -0.0529. The van der Waals surface area contributed by atoms with Crippen LogP contribution in [-0.4, -0.2) is 26.4 Å². The van der Waals surface area contributed by atoms with Gasteiger partial charge in [0.05, 0.1) is 17.5 Å². The van der Waals surface area contributed by atoms with Crippen LogP contribution in [-0.2, 0) is 4.79 Å². The van der Waals surface area contributed by atoms with Crippen LogP contribution in [0, 0.1) is 6.92 Å². The highest BCUT2D eigenvalue weighted by atomic mass is 35.5. The summed E-state index contributed by atoms with van der Waals surface area (Å²) >= 11 is 7.54. The Morgan fingerprint density at radius 2 is 2.04 bits per heavy atom. The molecule has 0 radical (unpaired) electrons. The van der Waals surface area contributed by atoms with Crippen molar-refractivity contribution in [2.75, 3.05) is 5.75 Å². The molecule has 134 valence electrons. The molecule has 3 aromatic rings. The van der Waals surface area contributed by atoms with E-state index in [1.165, 1.54) is 11.8 Å². The molecule has 1 unspecified atom stereocenters. The van der Waals surface area contributed by atoms with Gasteiger partial charge in [-0.2, -0.15) is 0 Å². The Kier molecular flexibility index (Phi) is 5.96. The molecular formula is C19H19ClN4OS. The van der Waals surface area contributed by atoms with E-state index in [0.717, 1.165) is 16.8 Å². The number of rotatable bonds is 6. The van der Waals surface area contributed by atoms with Gasteiger partial charge in [0.1, 0.15) is 6.33 Å². The van der Waals surface area contributed by atoms with Crippen molar-refractivity contribution in [1.29, 1.82) is 0 Å². The molecule has 0 aliphatic heterocycles. The van der Waals surface area contributed by atoms with Gasteiger partial charge in [-0.05, 0) is 37.1 Å². The molecule has 26 heavy (non-hydrogen) atoms. The Morgan fingerprint density at radius 3 is 2.77 bits per heavy atom. The molecule has 2 aromatic carbocycles. The number of amides is 1. The number of aromatic nitrogens is 3. The number of nitrogens with zero attached hydrogens (tertiary/aromatic N) is 3. The van der Waals surface area contributed by atoms with Gasteiger partial charge in [0.2, 0.25) is 5.91 Å². The van der Waals surface area contributed by atoms with Gasteiger partial charge in [0, 0.05) is 5.02 Å². The van der Waals surface area contributed by atoms with Gasteiger partial charge < -0.3 is 5.32 Å². The average Bonchev–Trinajstić information content (AvgIpc) is 3.11. The maximum absolute atomic E-state index is 12.3. The van der Waals surface area contributed by atoms with Crippen molar-refractivity contribution < 1.29 is 4.79 Å². The number of carbonyl (C=O) groups excluding carboxylic acids is 1. The summed E-state index contributed by atoms with van der Waals surface area (Å²) in [5.74, 6) is 0.206. The molecule has 0 fully saturated rings. The van der Waals surface area contributed by atoms with Crippen LogP contribution in [0.25, 0.3) is 5.69 Å². The zero-order chi connectivity index (χ0) is 18.5. The van der Waals surface area contributed by atoms with Crippen molar-refractivity contribution in [3.05, 3.63) is 71.0 Å². The molecule has 0 spiro atoms. The van der Waals surface area contributed by atoms with E-state index in [2.05, 4.69) is 15.5 Å². The molecule has 1 N–H and O–H groups in total. The van der Waals surface area contributed by atoms with E-state index in [1.807, 2.05) is 66.9 Å². The smallest absolute Gasteiger partial charge is 0.230 e. The number of nitrogens with one attached hydrogen (secondary N) is 1. The van der Waals surface area contributed by atoms with Crippen molar-refractivity contribution in [3.8, 4) is 5.69 Å². The highest BCUT2D eigenvalue weighted by Crippen LogP contribution is 2.24. The highest BCUT2D eigenvalue weighted by molar-refractivity contribution is 7.99. The summed E-state index contributed by atoms with van der Waals surface area (Å²) in [5.41, 5.74) is 2.95. The number of thioether (sulfide) groups is 1. The normalized spacial score (nSPS) is 12.0. The first-order valence-electron chi connectivity index (χ1n) is 8.18. The van der Waals surface area contributed by atoms with Crippen LogP contribution in [0.15, 0.2) is 60.0 Å². The van der Waals surface area contributed by atoms with E-state index in [0.29, 0.717) is 10.2 Å². The molecule has 1 aromatic heterocycles. The van der Waals surface area contributed by atoms with E-state index >= 15 is 0 Å². The summed E-state index contributed by atoms with van der Waals surface area (Å²) in [5, 5.41) is 12.4. The van der Waals surface area contributed by atoms with Crippen molar-refractivity contribution >= 4 is 29.3 Å². The molecule has 0 saturated carbocycles. The molecule has 0 aliphatic carbocycles. The summed E-state index contributed by atoms with van der Waals surface area (Å²) in [6.45, 7) is 3.92. The third-order valence-corrected chi connectivity index (χ3v) is 5.31. The third kappa shape index (κ3) is 4.45.